The molecule has 0 atom stereocenters. The number of hydrogen-bond acceptors (Lipinski definition) is 3. The van der Waals surface area contributed by atoms with Crippen LogP contribution in [0.25, 0.3) is 0 Å². The summed E-state index contributed by atoms with van der Waals surface area (Å²) in [4.78, 5) is 15.2. The first-order chi connectivity index (χ1) is 14.0. The molecule has 5 nitrogen and oxygen atoms in total. The third kappa shape index (κ3) is 6.14. The number of carboxylic acid groups (broad SMARTS) is 1. The average Bonchev–Trinajstić information content (AvgIpc) is 2.74. The van der Waals surface area contributed by atoms with Crippen molar-refractivity contribution in [2.75, 3.05) is 24.5 Å². The van der Waals surface area contributed by atoms with Gasteiger partial charge in [-0.25, -0.2) is 4.79 Å². The number of hydrogen-bond donors (Lipinski definition) is 1. The minimum Gasteiger partial charge on any atom is -0.489 e. The second kappa shape index (κ2) is 10.2. The number of piperidine rings is 1. The van der Waals surface area contributed by atoms with E-state index in [9.17, 15) is 9.90 Å². The minimum atomic E-state index is -0.808. The maximum atomic E-state index is 11.2. The molecule has 0 spiro atoms. The van der Waals surface area contributed by atoms with Gasteiger partial charge in [0.25, 0.3) is 0 Å². The van der Waals surface area contributed by atoms with Crippen molar-refractivity contribution in [3.05, 3.63) is 60.2 Å². The van der Waals surface area contributed by atoms with Crippen LogP contribution in [0, 0.1) is 5.92 Å². The van der Waals surface area contributed by atoms with E-state index >= 15 is 0 Å². The lowest BCUT2D eigenvalue weighted by Crippen LogP contribution is -2.47. The van der Waals surface area contributed by atoms with Crippen molar-refractivity contribution in [1.29, 1.82) is 0 Å². The van der Waals surface area contributed by atoms with Crippen LogP contribution >= 0.6 is 0 Å². The van der Waals surface area contributed by atoms with E-state index in [1.807, 2.05) is 30.3 Å². The Kier molecular flexibility index (Phi) is 7.39. The van der Waals surface area contributed by atoms with E-state index in [1.165, 1.54) is 10.6 Å². The summed E-state index contributed by atoms with van der Waals surface area (Å²) < 4.78 is 5.92. The Labute approximate surface area is 173 Å². The summed E-state index contributed by atoms with van der Waals surface area (Å²) in [5, 5.41) is 9.22. The molecule has 3 rings (SSSR count). The van der Waals surface area contributed by atoms with Crippen LogP contribution in [-0.4, -0.2) is 41.8 Å². The van der Waals surface area contributed by atoms with Crippen LogP contribution in [0.5, 0.6) is 5.75 Å². The summed E-state index contributed by atoms with van der Waals surface area (Å²) in [6.07, 6.45) is 2.05. The zero-order valence-electron chi connectivity index (χ0n) is 17.5. The van der Waals surface area contributed by atoms with Crippen molar-refractivity contribution in [3.8, 4) is 5.75 Å². The fraction of sp³-hybridized carbons (Fsp3) is 0.458. The Morgan fingerprint density at radius 3 is 2.34 bits per heavy atom. The number of rotatable bonds is 8. The summed E-state index contributed by atoms with van der Waals surface area (Å²) in [6, 6.07) is 18.9. The fourth-order valence-electron chi connectivity index (χ4n) is 3.76. The summed E-state index contributed by atoms with van der Waals surface area (Å²) in [5.41, 5.74) is 2.34. The number of likely N-dealkylation sites (tertiary alicyclic amines) is 1. The third-order valence-corrected chi connectivity index (χ3v) is 5.54. The molecule has 1 amide bonds. The van der Waals surface area contributed by atoms with E-state index in [-0.39, 0.29) is 0 Å². The van der Waals surface area contributed by atoms with Crippen LogP contribution in [0.4, 0.5) is 10.5 Å². The number of carbonyl (C=O) groups is 1. The highest BCUT2D eigenvalue weighted by molar-refractivity contribution is 5.65. The van der Waals surface area contributed by atoms with Gasteiger partial charge in [-0.3, -0.25) is 0 Å². The van der Waals surface area contributed by atoms with E-state index in [2.05, 4.69) is 43.0 Å². The molecule has 0 aromatic heterocycles. The highest BCUT2D eigenvalue weighted by atomic mass is 16.5. The van der Waals surface area contributed by atoms with Gasteiger partial charge >= 0.3 is 6.09 Å². The molecule has 1 N–H and O–H groups in total. The Hall–Kier alpha value is -2.69. The molecule has 156 valence electrons. The summed E-state index contributed by atoms with van der Waals surface area (Å²) in [7, 11) is 0. The molecule has 1 fully saturated rings. The third-order valence-electron chi connectivity index (χ3n) is 5.54. The van der Waals surface area contributed by atoms with E-state index in [4.69, 9.17) is 4.74 Å². The van der Waals surface area contributed by atoms with Crippen LogP contribution in [-0.2, 0) is 6.61 Å². The van der Waals surface area contributed by atoms with Crippen LogP contribution < -0.4 is 9.64 Å². The fourth-order valence-corrected chi connectivity index (χ4v) is 3.76. The van der Waals surface area contributed by atoms with E-state index in [1.54, 1.807) is 0 Å². The Balaban J connectivity index is 1.64. The molecule has 2 aromatic carbocycles. The van der Waals surface area contributed by atoms with Gasteiger partial charge in [0, 0.05) is 31.4 Å². The molecule has 0 radical (unpaired) electrons. The number of amides is 1. The zero-order chi connectivity index (χ0) is 20.6. The van der Waals surface area contributed by atoms with Gasteiger partial charge < -0.3 is 19.6 Å². The van der Waals surface area contributed by atoms with Gasteiger partial charge in [-0.05, 0) is 55.0 Å². The molecule has 0 bridgehead atoms. The van der Waals surface area contributed by atoms with Crippen LogP contribution in [0.15, 0.2) is 54.6 Å². The second-order valence-corrected chi connectivity index (χ2v) is 8.14. The van der Waals surface area contributed by atoms with Crippen molar-refractivity contribution < 1.29 is 14.6 Å². The lowest BCUT2D eigenvalue weighted by atomic mass is 10.0. The van der Waals surface area contributed by atoms with Crippen LogP contribution in [0.1, 0.15) is 38.7 Å². The van der Waals surface area contributed by atoms with Crippen molar-refractivity contribution in [2.24, 2.45) is 5.92 Å². The molecular weight excluding hydrogens is 364 g/mol. The van der Waals surface area contributed by atoms with Crippen LogP contribution in [0.2, 0.25) is 0 Å². The van der Waals surface area contributed by atoms with Gasteiger partial charge in [0.2, 0.25) is 0 Å². The smallest absolute Gasteiger partial charge is 0.407 e. The van der Waals surface area contributed by atoms with Crippen molar-refractivity contribution in [1.82, 2.24) is 4.90 Å². The Morgan fingerprint density at radius 2 is 1.76 bits per heavy atom. The van der Waals surface area contributed by atoms with E-state index in [0.717, 1.165) is 37.1 Å². The molecule has 1 saturated heterocycles. The molecule has 0 unspecified atom stereocenters. The number of ether oxygens (including phenoxy) is 1. The number of benzene rings is 2. The first-order valence-corrected chi connectivity index (χ1v) is 10.5. The molecule has 5 heteroatoms. The molecule has 1 aliphatic rings. The number of nitrogens with zero attached hydrogens (tertiary/aromatic N) is 2. The van der Waals surface area contributed by atoms with Crippen LogP contribution in [0.3, 0.4) is 0 Å². The molecule has 2 aromatic rings. The highest BCUT2D eigenvalue weighted by Gasteiger charge is 2.27. The Morgan fingerprint density at radius 1 is 1.10 bits per heavy atom. The molecule has 0 aliphatic carbocycles. The first kappa shape index (κ1) is 21.0. The van der Waals surface area contributed by atoms with Gasteiger partial charge in [-0.15, -0.1) is 0 Å². The first-order valence-electron chi connectivity index (χ1n) is 10.5. The second-order valence-electron chi connectivity index (χ2n) is 8.14. The van der Waals surface area contributed by atoms with Gasteiger partial charge in [0.15, 0.2) is 0 Å². The van der Waals surface area contributed by atoms with Gasteiger partial charge in [0.1, 0.15) is 12.4 Å². The topological polar surface area (TPSA) is 53.0 Å². The van der Waals surface area contributed by atoms with E-state index in [0.29, 0.717) is 31.7 Å². The van der Waals surface area contributed by atoms with Gasteiger partial charge in [0.05, 0.1) is 0 Å². The number of anilines is 1. The summed E-state index contributed by atoms with van der Waals surface area (Å²) in [5.74, 6) is 1.49. The maximum Gasteiger partial charge on any atom is 0.407 e. The Bertz CT molecular complexity index is 753. The van der Waals surface area contributed by atoms with Crippen molar-refractivity contribution >= 4 is 11.8 Å². The molecular formula is C24H32N2O3. The normalized spacial score (nSPS) is 14.8. The predicted molar refractivity (Wildman–Crippen MR) is 117 cm³/mol. The average molecular weight is 397 g/mol. The van der Waals surface area contributed by atoms with Crippen molar-refractivity contribution in [2.45, 2.75) is 45.8 Å². The summed E-state index contributed by atoms with van der Waals surface area (Å²) in [6.45, 7) is 7.24. The lowest BCUT2D eigenvalue weighted by molar-refractivity contribution is 0.131. The van der Waals surface area contributed by atoms with Gasteiger partial charge in [-0.2, -0.15) is 0 Å². The molecule has 1 heterocycles. The largest absolute Gasteiger partial charge is 0.489 e. The minimum absolute atomic E-state index is 0.375. The SMILES string of the molecule is CC(C)CCN(c1ccc(OCc2ccccc2)cc1)C1CCN(C(=O)O)CC1. The maximum absolute atomic E-state index is 11.2. The highest BCUT2D eigenvalue weighted by Crippen LogP contribution is 2.27. The van der Waals surface area contributed by atoms with E-state index < -0.39 is 6.09 Å². The summed E-state index contributed by atoms with van der Waals surface area (Å²) >= 11 is 0. The van der Waals surface area contributed by atoms with Gasteiger partial charge in [-0.1, -0.05) is 44.2 Å². The molecule has 1 aliphatic heterocycles. The monoisotopic (exact) mass is 396 g/mol. The zero-order valence-corrected chi connectivity index (χ0v) is 17.5. The predicted octanol–water partition coefficient (Wildman–Crippen LogP) is 5.26. The quantitative estimate of drug-likeness (QED) is 0.661. The molecule has 0 saturated carbocycles. The molecule has 29 heavy (non-hydrogen) atoms. The van der Waals surface area contributed by atoms with Crippen molar-refractivity contribution in [3.63, 3.8) is 0 Å². The standard InChI is InChI=1S/C24H32N2O3/c1-19(2)12-17-26(22-13-15-25(16-14-22)24(27)28)21-8-10-23(11-9-21)29-18-20-6-4-3-5-7-20/h3-11,19,22H,12-18H2,1-2H3,(H,27,28). The lowest BCUT2D eigenvalue weighted by Gasteiger charge is -2.39.